The molecule has 3 rings (SSSR count). The van der Waals surface area contributed by atoms with Gasteiger partial charge in [0.2, 0.25) is 0 Å². The van der Waals surface area contributed by atoms with Crippen LogP contribution in [-0.2, 0) is 17.8 Å². The number of aliphatic carboxylic acids is 1. The van der Waals surface area contributed by atoms with Crippen LogP contribution >= 0.6 is 0 Å². The SMILES string of the molecule is O=C(O)C=Cc1ccc(CCCn2c(=O)oc3ccccc32)cc1. The third-order valence-electron chi connectivity index (χ3n) is 3.82. The van der Waals surface area contributed by atoms with Crippen molar-refractivity contribution < 1.29 is 14.3 Å². The Bertz CT molecular complexity index is 932. The van der Waals surface area contributed by atoms with Crippen LogP contribution in [0, 0.1) is 0 Å². The number of hydrogen-bond acceptors (Lipinski definition) is 3. The molecule has 1 heterocycles. The molecular weight excluding hydrogens is 306 g/mol. The van der Waals surface area contributed by atoms with Gasteiger partial charge in [0.25, 0.3) is 0 Å². The monoisotopic (exact) mass is 323 g/mol. The fourth-order valence-corrected chi connectivity index (χ4v) is 2.63. The first kappa shape index (κ1) is 15.8. The summed E-state index contributed by atoms with van der Waals surface area (Å²) in [5, 5.41) is 8.61. The van der Waals surface area contributed by atoms with Crippen molar-refractivity contribution in [2.24, 2.45) is 0 Å². The third-order valence-corrected chi connectivity index (χ3v) is 3.82. The largest absolute Gasteiger partial charge is 0.478 e. The Morgan fingerprint density at radius 2 is 1.88 bits per heavy atom. The van der Waals surface area contributed by atoms with Gasteiger partial charge in [0.05, 0.1) is 5.52 Å². The third kappa shape index (κ3) is 3.63. The van der Waals surface area contributed by atoms with Crippen LogP contribution in [0.25, 0.3) is 17.2 Å². The molecule has 24 heavy (non-hydrogen) atoms. The first-order valence-corrected chi connectivity index (χ1v) is 7.72. The van der Waals surface area contributed by atoms with Gasteiger partial charge in [0, 0.05) is 12.6 Å². The van der Waals surface area contributed by atoms with Crippen LogP contribution in [0.1, 0.15) is 17.5 Å². The molecule has 0 aliphatic carbocycles. The van der Waals surface area contributed by atoms with Crippen LogP contribution < -0.4 is 5.76 Å². The highest BCUT2D eigenvalue weighted by Gasteiger charge is 2.07. The fraction of sp³-hybridized carbons (Fsp3) is 0.158. The second kappa shape index (κ2) is 7.00. The van der Waals surface area contributed by atoms with Crippen LogP contribution in [0.15, 0.2) is 63.8 Å². The summed E-state index contributed by atoms with van der Waals surface area (Å²) in [5.74, 6) is -1.29. The number of para-hydroxylation sites is 2. The number of oxazole rings is 1. The molecule has 0 aliphatic rings. The van der Waals surface area contributed by atoms with E-state index in [1.165, 1.54) is 0 Å². The minimum Gasteiger partial charge on any atom is -0.478 e. The van der Waals surface area contributed by atoms with Crippen molar-refractivity contribution in [2.45, 2.75) is 19.4 Å². The average molecular weight is 323 g/mol. The maximum absolute atomic E-state index is 11.9. The average Bonchev–Trinajstić information content (AvgIpc) is 2.90. The van der Waals surface area contributed by atoms with Gasteiger partial charge in [0.1, 0.15) is 0 Å². The number of carboxylic acid groups (broad SMARTS) is 1. The minimum absolute atomic E-state index is 0.328. The zero-order valence-corrected chi connectivity index (χ0v) is 13.0. The van der Waals surface area contributed by atoms with Gasteiger partial charge in [-0.3, -0.25) is 4.57 Å². The smallest absolute Gasteiger partial charge is 0.419 e. The maximum Gasteiger partial charge on any atom is 0.419 e. The lowest BCUT2D eigenvalue weighted by Gasteiger charge is -2.04. The predicted octanol–water partition coefficient (Wildman–Crippen LogP) is 3.33. The van der Waals surface area contributed by atoms with Crippen LogP contribution in [0.4, 0.5) is 0 Å². The van der Waals surface area contributed by atoms with Crippen molar-refractivity contribution in [1.29, 1.82) is 0 Å². The molecule has 0 atom stereocenters. The van der Waals surface area contributed by atoms with Gasteiger partial charge in [-0.15, -0.1) is 0 Å². The quantitative estimate of drug-likeness (QED) is 0.706. The molecule has 0 unspecified atom stereocenters. The summed E-state index contributed by atoms with van der Waals surface area (Å²) in [4.78, 5) is 22.4. The number of hydrogen-bond donors (Lipinski definition) is 1. The van der Waals surface area contributed by atoms with E-state index >= 15 is 0 Å². The first-order valence-electron chi connectivity index (χ1n) is 7.72. The molecule has 5 heteroatoms. The Hall–Kier alpha value is -3.08. The van der Waals surface area contributed by atoms with E-state index in [0.717, 1.165) is 35.6 Å². The van der Waals surface area contributed by atoms with Crippen molar-refractivity contribution in [2.75, 3.05) is 0 Å². The molecule has 1 N–H and O–H groups in total. The van der Waals surface area contributed by atoms with Gasteiger partial charge in [-0.2, -0.15) is 0 Å². The Morgan fingerprint density at radius 1 is 1.12 bits per heavy atom. The maximum atomic E-state index is 11.9. The molecule has 0 saturated heterocycles. The number of fused-ring (bicyclic) bond motifs is 1. The molecule has 5 nitrogen and oxygen atoms in total. The molecular formula is C19H17NO4. The van der Waals surface area contributed by atoms with Crippen LogP contribution in [0.2, 0.25) is 0 Å². The van der Waals surface area contributed by atoms with E-state index in [0.29, 0.717) is 12.1 Å². The predicted molar refractivity (Wildman–Crippen MR) is 91.9 cm³/mol. The molecule has 0 saturated carbocycles. The van der Waals surface area contributed by atoms with Gasteiger partial charge in [0.15, 0.2) is 5.58 Å². The highest BCUT2D eigenvalue weighted by Crippen LogP contribution is 2.13. The summed E-state index contributed by atoms with van der Waals surface area (Å²) in [6.45, 7) is 0.594. The van der Waals surface area contributed by atoms with Crippen molar-refractivity contribution in [3.63, 3.8) is 0 Å². The normalized spacial score (nSPS) is 11.3. The summed E-state index contributed by atoms with van der Waals surface area (Å²) in [6, 6.07) is 15.1. The number of carbonyl (C=O) groups is 1. The van der Waals surface area contributed by atoms with Crippen molar-refractivity contribution in [3.8, 4) is 0 Å². The number of aryl methyl sites for hydroxylation is 2. The van der Waals surface area contributed by atoms with E-state index in [2.05, 4.69) is 0 Å². The van der Waals surface area contributed by atoms with Gasteiger partial charge in [-0.1, -0.05) is 36.4 Å². The lowest BCUT2D eigenvalue weighted by molar-refractivity contribution is -0.131. The number of rotatable bonds is 6. The molecule has 3 aromatic rings. The summed E-state index contributed by atoms with van der Waals surface area (Å²) in [7, 11) is 0. The summed E-state index contributed by atoms with van der Waals surface area (Å²) in [6.07, 6.45) is 4.32. The van der Waals surface area contributed by atoms with Crippen molar-refractivity contribution >= 4 is 23.1 Å². The summed E-state index contributed by atoms with van der Waals surface area (Å²) in [5.41, 5.74) is 3.41. The molecule has 0 fully saturated rings. The van der Waals surface area contributed by atoms with Crippen molar-refractivity contribution in [3.05, 3.63) is 76.3 Å². The summed E-state index contributed by atoms with van der Waals surface area (Å²) >= 11 is 0. The van der Waals surface area contributed by atoms with E-state index < -0.39 is 5.97 Å². The van der Waals surface area contributed by atoms with E-state index in [1.54, 1.807) is 16.7 Å². The zero-order chi connectivity index (χ0) is 16.9. The molecule has 0 amide bonds. The van der Waals surface area contributed by atoms with Gasteiger partial charge < -0.3 is 9.52 Å². The number of benzene rings is 2. The van der Waals surface area contributed by atoms with Gasteiger partial charge >= 0.3 is 11.7 Å². The van der Waals surface area contributed by atoms with Gasteiger partial charge in [-0.25, -0.2) is 9.59 Å². The van der Waals surface area contributed by atoms with E-state index in [4.69, 9.17) is 9.52 Å². The molecule has 2 aromatic carbocycles. The van der Waals surface area contributed by atoms with Crippen LogP contribution in [0.5, 0.6) is 0 Å². The molecule has 0 radical (unpaired) electrons. The first-order chi connectivity index (χ1) is 11.6. The number of carboxylic acids is 1. The molecule has 1 aromatic heterocycles. The Labute approximate surface area is 138 Å². The molecule has 0 bridgehead atoms. The zero-order valence-electron chi connectivity index (χ0n) is 13.0. The Kier molecular flexibility index (Phi) is 4.61. The molecule has 0 spiro atoms. The van der Waals surface area contributed by atoms with E-state index in [9.17, 15) is 9.59 Å². The Balaban J connectivity index is 1.63. The minimum atomic E-state index is -0.961. The topological polar surface area (TPSA) is 72.4 Å². The lowest BCUT2D eigenvalue weighted by Crippen LogP contribution is -2.14. The number of nitrogens with zero attached hydrogens (tertiary/aromatic N) is 1. The molecule has 122 valence electrons. The van der Waals surface area contributed by atoms with Gasteiger partial charge in [-0.05, 0) is 42.2 Å². The highest BCUT2D eigenvalue weighted by molar-refractivity contribution is 5.85. The second-order valence-corrected chi connectivity index (χ2v) is 5.50. The highest BCUT2D eigenvalue weighted by atomic mass is 16.4. The Morgan fingerprint density at radius 3 is 2.62 bits per heavy atom. The standard InChI is InChI=1S/C19H17NO4/c21-18(22)12-11-15-9-7-14(8-10-15)4-3-13-20-16-5-1-2-6-17(16)24-19(20)23/h1-2,5-12H,3-4,13H2,(H,21,22). The molecule has 0 aliphatic heterocycles. The van der Waals surface area contributed by atoms with Crippen LogP contribution in [-0.4, -0.2) is 15.6 Å². The second-order valence-electron chi connectivity index (χ2n) is 5.50. The lowest BCUT2D eigenvalue weighted by atomic mass is 10.1. The number of aromatic nitrogens is 1. The fourth-order valence-electron chi connectivity index (χ4n) is 2.63. The summed E-state index contributed by atoms with van der Waals surface area (Å²) < 4.78 is 6.87. The van der Waals surface area contributed by atoms with Crippen LogP contribution in [0.3, 0.4) is 0 Å². The van der Waals surface area contributed by atoms with E-state index in [1.807, 2.05) is 42.5 Å². The van der Waals surface area contributed by atoms with Crippen molar-refractivity contribution in [1.82, 2.24) is 4.57 Å². The van der Waals surface area contributed by atoms with E-state index in [-0.39, 0.29) is 5.76 Å².